The maximum absolute atomic E-state index is 11.0. The van der Waals surface area contributed by atoms with Crippen LogP contribution in [-0.4, -0.2) is 19.5 Å². The number of sulfonamides is 1. The van der Waals surface area contributed by atoms with Crippen molar-refractivity contribution < 1.29 is 18.3 Å². The van der Waals surface area contributed by atoms with Gasteiger partial charge in [0.2, 0.25) is 10.0 Å². The van der Waals surface area contributed by atoms with Crippen LogP contribution in [0.15, 0.2) is 17.0 Å². The van der Waals surface area contributed by atoms with Crippen molar-refractivity contribution in [1.82, 2.24) is 0 Å². The average molecular weight is 251 g/mol. The topological polar surface area (TPSA) is 123 Å². The molecule has 0 aliphatic rings. The van der Waals surface area contributed by atoms with Gasteiger partial charge in [0.1, 0.15) is 4.90 Å². The van der Waals surface area contributed by atoms with E-state index >= 15 is 0 Å². The monoisotopic (exact) mass is 250 g/mol. The Morgan fingerprint density at radius 1 is 1.40 bits per heavy atom. The number of hydrogen-bond acceptors (Lipinski definition) is 4. The highest BCUT2D eigenvalue weighted by Crippen LogP contribution is 2.26. The fraction of sp³-hybridized carbons (Fsp3) is 0. The molecule has 5 N–H and O–H groups in total. The molecule has 1 aromatic carbocycles. The minimum atomic E-state index is -4.00. The Kier molecular flexibility index (Phi) is 2.89. The molecule has 0 saturated heterocycles. The molecule has 1 rings (SSSR count). The number of aromatic carboxylic acids is 1. The Hall–Kier alpha value is -1.31. The standard InChI is InChI=1S/C7H7ClN2O4S/c8-4-1-3(7(11)12)5(9)2-6(4)15(10,13)14/h1-2H,9H2,(H,11,12)(H2,10,13,14). The second-order valence-corrected chi connectivity index (χ2v) is 4.66. The smallest absolute Gasteiger partial charge is 0.337 e. The van der Waals surface area contributed by atoms with Crippen LogP contribution in [0.4, 0.5) is 5.69 Å². The Labute approximate surface area is 90.5 Å². The van der Waals surface area contributed by atoms with Gasteiger partial charge in [-0.3, -0.25) is 0 Å². The third-order valence-corrected chi connectivity index (χ3v) is 3.02. The molecule has 0 fully saturated rings. The summed E-state index contributed by atoms with van der Waals surface area (Å²) in [5.41, 5.74) is 4.85. The van der Waals surface area contributed by atoms with E-state index in [0.717, 1.165) is 12.1 Å². The maximum Gasteiger partial charge on any atom is 0.337 e. The molecule has 0 amide bonds. The van der Waals surface area contributed by atoms with Crippen molar-refractivity contribution in [2.75, 3.05) is 5.73 Å². The predicted molar refractivity (Wildman–Crippen MR) is 54.2 cm³/mol. The second-order valence-electron chi connectivity index (χ2n) is 2.72. The van der Waals surface area contributed by atoms with Crippen LogP contribution in [0, 0.1) is 0 Å². The van der Waals surface area contributed by atoms with Crippen molar-refractivity contribution in [2.24, 2.45) is 5.14 Å². The summed E-state index contributed by atoms with van der Waals surface area (Å²) in [5, 5.41) is 13.2. The number of hydrogen-bond donors (Lipinski definition) is 3. The molecule has 0 unspecified atom stereocenters. The van der Waals surface area contributed by atoms with Crippen LogP contribution in [0.5, 0.6) is 0 Å². The lowest BCUT2D eigenvalue weighted by atomic mass is 10.2. The van der Waals surface area contributed by atoms with Crippen molar-refractivity contribution in [2.45, 2.75) is 4.90 Å². The van der Waals surface area contributed by atoms with Gasteiger partial charge in [-0.2, -0.15) is 0 Å². The van der Waals surface area contributed by atoms with E-state index in [1.54, 1.807) is 0 Å². The molecule has 15 heavy (non-hydrogen) atoms. The van der Waals surface area contributed by atoms with Gasteiger partial charge in [-0.25, -0.2) is 18.4 Å². The predicted octanol–water partition coefficient (Wildman–Crippen LogP) is 0.268. The number of carbonyl (C=O) groups is 1. The first-order chi connectivity index (χ1) is 6.73. The van der Waals surface area contributed by atoms with Crippen molar-refractivity contribution in [3.8, 4) is 0 Å². The van der Waals surface area contributed by atoms with E-state index in [2.05, 4.69) is 0 Å². The zero-order valence-corrected chi connectivity index (χ0v) is 8.84. The molecule has 6 nitrogen and oxygen atoms in total. The second kappa shape index (κ2) is 3.69. The number of primary sulfonamides is 1. The first kappa shape index (κ1) is 11.8. The minimum Gasteiger partial charge on any atom is -0.478 e. The molecule has 0 saturated carbocycles. The quantitative estimate of drug-likeness (QED) is 0.650. The van der Waals surface area contributed by atoms with Crippen molar-refractivity contribution in [1.29, 1.82) is 0 Å². The number of rotatable bonds is 2. The highest BCUT2D eigenvalue weighted by molar-refractivity contribution is 7.89. The summed E-state index contributed by atoms with van der Waals surface area (Å²) >= 11 is 5.55. The number of benzene rings is 1. The summed E-state index contributed by atoms with van der Waals surface area (Å²) in [6.45, 7) is 0. The summed E-state index contributed by atoms with van der Waals surface area (Å²) in [6, 6.07) is 1.86. The number of nitrogen functional groups attached to an aromatic ring is 1. The molecule has 8 heteroatoms. The van der Waals surface area contributed by atoms with E-state index in [0.29, 0.717) is 0 Å². The lowest BCUT2D eigenvalue weighted by Gasteiger charge is -2.05. The molecular formula is C7H7ClN2O4S. The summed E-state index contributed by atoms with van der Waals surface area (Å²) in [6.07, 6.45) is 0. The van der Waals surface area contributed by atoms with Crippen LogP contribution in [-0.2, 0) is 10.0 Å². The van der Waals surface area contributed by atoms with Gasteiger partial charge in [0.25, 0.3) is 0 Å². The number of anilines is 1. The van der Waals surface area contributed by atoms with Crippen LogP contribution in [0.1, 0.15) is 10.4 Å². The average Bonchev–Trinajstić information content (AvgIpc) is 2.06. The maximum atomic E-state index is 11.0. The van der Waals surface area contributed by atoms with Gasteiger partial charge in [-0.15, -0.1) is 0 Å². The van der Waals surface area contributed by atoms with E-state index in [9.17, 15) is 13.2 Å². The molecule has 82 valence electrons. The number of nitrogens with two attached hydrogens (primary N) is 2. The fourth-order valence-corrected chi connectivity index (χ4v) is 2.08. The highest BCUT2D eigenvalue weighted by atomic mass is 35.5. The van der Waals surface area contributed by atoms with E-state index in [-0.39, 0.29) is 16.3 Å². The van der Waals surface area contributed by atoms with E-state index < -0.39 is 20.9 Å². The number of carboxylic acids is 1. The lowest BCUT2D eigenvalue weighted by molar-refractivity contribution is 0.0698. The first-order valence-corrected chi connectivity index (χ1v) is 5.51. The molecule has 0 atom stereocenters. The fourth-order valence-electron chi connectivity index (χ4n) is 0.972. The molecule has 0 radical (unpaired) electrons. The van der Waals surface area contributed by atoms with E-state index in [1.165, 1.54) is 0 Å². The van der Waals surface area contributed by atoms with Crippen molar-refractivity contribution in [3.05, 3.63) is 22.7 Å². The van der Waals surface area contributed by atoms with Gasteiger partial charge in [-0.1, -0.05) is 11.6 Å². The van der Waals surface area contributed by atoms with Gasteiger partial charge in [0.05, 0.1) is 10.6 Å². The minimum absolute atomic E-state index is 0.212. The molecule has 0 aromatic heterocycles. The molecule has 0 heterocycles. The van der Waals surface area contributed by atoms with Gasteiger partial charge in [0, 0.05) is 5.69 Å². The Morgan fingerprint density at radius 3 is 2.33 bits per heavy atom. The lowest BCUT2D eigenvalue weighted by Crippen LogP contribution is -2.14. The van der Waals surface area contributed by atoms with E-state index in [1.807, 2.05) is 0 Å². The van der Waals surface area contributed by atoms with Gasteiger partial charge < -0.3 is 10.8 Å². The summed E-state index contributed by atoms with van der Waals surface area (Å²) in [7, 11) is -4.00. The Balaban J connectivity index is 3.52. The summed E-state index contributed by atoms with van der Waals surface area (Å²) in [4.78, 5) is 10.2. The molecule has 0 aliphatic carbocycles. The number of carboxylic acid groups (broad SMARTS) is 1. The third-order valence-electron chi connectivity index (χ3n) is 1.64. The molecule has 1 aromatic rings. The van der Waals surface area contributed by atoms with Crippen LogP contribution in [0.2, 0.25) is 5.02 Å². The third kappa shape index (κ3) is 2.38. The largest absolute Gasteiger partial charge is 0.478 e. The van der Waals surface area contributed by atoms with Gasteiger partial charge in [0.15, 0.2) is 0 Å². The number of halogens is 1. The summed E-state index contributed by atoms with van der Waals surface area (Å²) in [5.74, 6) is -1.30. The zero-order chi connectivity index (χ0) is 11.8. The molecule has 0 spiro atoms. The zero-order valence-electron chi connectivity index (χ0n) is 7.27. The Bertz CT molecular complexity index is 526. The molecular weight excluding hydrogens is 244 g/mol. The van der Waals surface area contributed by atoms with Crippen molar-refractivity contribution in [3.63, 3.8) is 0 Å². The normalized spacial score (nSPS) is 11.3. The van der Waals surface area contributed by atoms with E-state index in [4.69, 9.17) is 27.6 Å². The van der Waals surface area contributed by atoms with Crippen LogP contribution < -0.4 is 10.9 Å². The Morgan fingerprint density at radius 2 is 1.93 bits per heavy atom. The van der Waals surface area contributed by atoms with Crippen molar-refractivity contribution >= 4 is 33.3 Å². The molecule has 0 bridgehead atoms. The van der Waals surface area contributed by atoms with Crippen LogP contribution >= 0.6 is 11.6 Å². The van der Waals surface area contributed by atoms with Gasteiger partial charge >= 0.3 is 5.97 Å². The molecule has 0 aliphatic heterocycles. The van der Waals surface area contributed by atoms with Crippen LogP contribution in [0.3, 0.4) is 0 Å². The first-order valence-electron chi connectivity index (χ1n) is 3.58. The van der Waals surface area contributed by atoms with Gasteiger partial charge in [-0.05, 0) is 12.1 Å². The highest BCUT2D eigenvalue weighted by Gasteiger charge is 2.18. The summed E-state index contributed by atoms with van der Waals surface area (Å²) < 4.78 is 22.0. The van der Waals surface area contributed by atoms with Crippen LogP contribution in [0.25, 0.3) is 0 Å². The SMILES string of the molecule is Nc1cc(S(N)(=O)=O)c(Cl)cc1C(=O)O.